The van der Waals surface area contributed by atoms with Crippen LogP contribution in [0, 0.1) is 0 Å². The Morgan fingerprint density at radius 3 is 1.94 bits per heavy atom. The lowest BCUT2D eigenvalue weighted by Gasteiger charge is -2.20. The van der Waals surface area contributed by atoms with E-state index in [1.807, 2.05) is 26.0 Å². The SMILES string of the molecule is COc1cc(C(C)(C)C=O)cc(OC)c1Br. The fourth-order valence-electron chi connectivity index (χ4n) is 1.31. The molecule has 0 spiro atoms. The van der Waals surface area contributed by atoms with E-state index in [2.05, 4.69) is 15.9 Å². The van der Waals surface area contributed by atoms with Crippen LogP contribution >= 0.6 is 15.9 Å². The van der Waals surface area contributed by atoms with E-state index >= 15 is 0 Å². The second kappa shape index (κ2) is 4.87. The predicted octanol–water partition coefficient (Wildman–Crippen LogP) is 2.94. The van der Waals surface area contributed by atoms with Gasteiger partial charge in [-0.3, -0.25) is 0 Å². The first-order valence-electron chi connectivity index (χ1n) is 4.84. The van der Waals surface area contributed by atoms with Crippen LogP contribution in [0.1, 0.15) is 19.4 Å². The summed E-state index contributed by atoms with van der Waals surface area (Å²) in [5.41, 5.74) is 0.306. The highest BCUT2D eigenvalue weighted by atomic mass is 79.9. The molecule has 0 fully saturated rings. The van der Waals surface area contributed by atoms with Crippen molar-refractivity contribution in [1.29, 1.82) is 0 Å². The zero-order chi connectivity index (χ0) is 12.3. The summed E-state index contributed by atoms with van der Waals surface area (Å²) < 4.78 is 11.2. The summed E-state index contributed by atoms with van der Waals surface area (Å²) in [6, 6.07) is 3.67. The normalized spacial score (nSPS) is 11.1. The minimum Gasteiger partial charge on any atom is -0.495 e. The fraction of sp³-hybridized carbons (Fsp3) is 0.417. The zero-order valence-corrected chi connectivity index (χ0v) is 11.4. The van der Waals surface area contributed by atoms with Crippen LogP contribution in [0.25, 0.3) is 0 Å². The lowest BCUT2D eigenvalue weighted by molar-refractivity contribution is -0.111. The maximum absolute atomic E-state index is 11.0. The summed E-state index contributed by atoms with van der Waals surface area (Å²) in [6.07, 6.45) is 0.912. The van der Waals surface area contributed by atoms with Gasteiger partial charge in [0.15, 0.2) is 0 Å². The van der Waals surface area contributed by atoms with E-state index < -0.39 is 5.41 Å². The van der Waals surface area contributed by atoms with Crippen molar-refractivity contribution in [1.82, 2.24) is 0 Å². The lowest BCUT2D eigenvalue weighted by atomic mass is 9.86. The average Bonchev–Trinajstić information content (AvgIpc) is 2.29. The van der Waals surface area contributed by atoms with Crippen LogP contribution in [0.4, 0.5) is 0 Å². The number of aldehydes is 1. The van der Waals surface area contributed by atoms with Crippen molar-refractivity contribution in [2.75, 3.05) is 14.2 Å². The van der Waals surface area contributed by atoms with E-state index in [0.29, 0.717) is 11.5 Å². The van der Waals surface area contributed by atoms with E-state index in [1.54, 1.807) is 14.2 Å². The molecule has 0 bridgehead atoms. The van der Waals surface area contributed by atoms with Crippen molar-refractivity contribution in [3.63, 3.8) is 0 Å². The molecule has 0 aromatic heterocycles. The van der Waals surface area contributed by atoms with Gasteiger partial charge in [0.25, 0.3) is 0 Å². The summed E-state index contributed by atoms with van der Waals surface area (Å²) >= 11 is 3.39. The average molecular weight is 287 g/mol. The molecule has 0 atom stereocenters. The summed E-state index contributed by atoms with van der Waals surface area (Å²) in [7, 11) is 3.16. The molecule has 0 aliphatic rings. The monoisotopic (exact) mass is 286 g/mol. The van der Waals surface area contributed by atoms with E-state index in [0.717, 1.165) is 16.3 Å². The van der Waals surface area contributed by atoms with Crippen molar-refractivity contribution in [2.45, 2.75) is 19.3 Å². The smallest absolute Gasteiger partial charge is 0.137 e. The van der Waals surface area contributed by atoms with Crippen LogP contribution in [0.2, 0.25) is 0 Å². The number of carbonyl (C=O) groups is 1. The van der Waals surface area contributed by atoms with Gasteiger partial charge < -0.3 is 14.3 Å². The first kappa shape index (κ1) is 13.0. The van der Waals surface area contributed by atoms with Gasteiger partial charge in [-0.2, -0.15) is 0 Å². The Balaban J connectivity index is 3.38. The molecular weight excluding hydrogens is 272 g/mol. The third-order valence-electron chi connectivity index (χ3n) is 2.48. The molecule has 16 heavy (non-hydrogen) atoms. The number of carbonyl (C=O) groups excluding carboxylic acids is 1. The van der Waals surface area contributed by atoms with E-state index in [4.69, 9.17) is 9.47 Å². The van der Waals surface area contributed by atoms with Crippen LogP contribution in [0.15, 0.2) is 16.6 Å². The Kier molecular flexibility index (Phi) is 3.97. The van der Waals surface area contributed by atoms with Crippen LogP contribution in [-0.4, -0.2) is 20.5 Å². The summed E-state index contributed by atoms with van der Waals surface area (Å²) in [5.74, 6) is 1.31. The minimum atomic E-state index is -0.554. The molecule has 4 heteroatoms. The van der Waals surface area contributed by atoms with Gasteiger partial charge in [-0.05, 0) is 47.5 Å². The maximum atomic E-state index is 11.0. The second-order valence-corrected chi connectivity index (χ2v) is 4.83. The van der Waals surface area contributed by atoms with Crippen molar-refractivity contribution < 1.29 is 14.3 Å². The highest BCUT2D eigenvalue weighted by Gasteiger charge is 2.23. The molecule has 0 heterocycles. The predicted molar refractivity (Wildman–Crippen MR) is 66.3 cm³/mol. The zero-order valence-electron chi connectivity index (χ0n) is 9.83. The molecule has 0 amide bonds. The Bertz CT molecular complexity index is 374. The van der Waals surface area contributed by atoms with Crippen LogP contribution < -0.4 is 9.47 Å². The number of hydrogen-bond donors (Lipinski definition) is 0. The number of benzene rings is 1. The van der Waals surface area contributed by atoms with Crippen molar-refractivity contribution in [2.24, 2.45) is 0 Å². The Hall–Kier alpha value is -1.03. The second-order valence-electron chi connectivity index (χ2n) is 4.03. The van der Waals surface area contributed by atoms with Crippen LogP contribution in [0.3, 0.4) is 0 Å². The van der Waals surface area contributed by atoms with Gasteiger partial charge in [0, 0.05) is 5.41 Å². The number of halogens is 1. The highest BCUT2D eigenvalue weighted by molar-refractivity contribution is 9.10. The van der Waals surface area contributed by atoms with Crippen molar-refractivity contribution in [3.8, 4) is 11.5 Å². The molecular formula is C12H15BrO3. The first-order valence-corrected chi connectivity index (χ1v) is 5.64. The van der Waals surface area contributed by atoms with Gasteiger partial charge in [-0.15, -0.1) is 0 Å². The first-order chi connectivity index (χ1) is 7.46. The van der Waals surface area contributed by atoms with Gasteiger partial charge >= 0.3 is 0 Å². The number of hydrogen-bond acceptors (Lipinski definition) is 3. The lowest BCUT2D eigenvalue weighted by Crippen LogP contribution is -2.18. The molecule has 3 nitrogen and oxygen atoms in total. The quantitative estimate of drug-likeness (QED) is 0.799. The Morgan fingerprint density at radius 1 is 1.19 bits per heavy atom. The van der Waals surface area contributed by atoms with Crippen LogP contribution in [-0.2, 0) is 10.2 Å². The van der Waals surface area contributed by atoms with Gasteiger partial charge in [-0.1, -0.05) is 0 Å². The fourth-order valence-corrected chi connectivity index (χ4v) is 1.86. The molecule has 1 rings (SSSR count). The van der Waals surface area contributed by atoms with Crippen LogP contribution in [0.5, 0.6) is 11.5 Å². The Morgan fingerprint density at radius 2 is 1.62 bits per heavy atom. The third-order valence-corrected chi connectivity index (χ3v) is 3.27. The largest absolute Gasteiger partial charge is 0.495 e. The number of ether oxygens (including phenoxy) is 2. The molecule has 0 saturated heterocycles. The number of rotatable bonds is 4. The van der Waals surface area contributed by atoms with Gasteiger partial charge in [0.05, 0.1) is 14.2 Å². The van der Waals surface area contributed by atoms with E-state index in [-0.39, 0.29) is 0 Å². The standard InChI is InChI=1S/C12H15BrO3/c1-12(2,7-14)8-5-9(15-3)11(13)10(6-8)16-4/h5-7H,1-4H3. The van der Waals surface area contributed by atoms with Gasteiger partial charge in [0.2, 0.25) is 0 Å². The molecule has 1 aromatic carbocycles. The molecule has 0 aliphatic heterocycles. The molecule has 88 valence electrons. The summed E-state index contributed by atoms with van der Waals surface area (Å²) in [6.45, 7) is 3.70. The molecule has 0 saturated carbocycles. The molecule has 0 radical (unpaired) electrons. The van der Waals surface area contributed by atoms with Crippen molar-refractivity contribution in [3.05, 3.63) is 22.2 Å². The van der Waals surface area contributed by atoms with Crippen molar-refractivity contribution >= 4 is 22.2 Å². The summed E-state index contributed by atoms with van der Waals surface area (Å²) in [4.78, 5) is 11.0. The number of methoxy groups -OCH3 is 2. The van der Waals surface area contributed by atoms with E-state index in [1.165, 1.54) is 0 Å². The van der Waals surface area contributed by atoms with Gasteiger partial charge in [0.1, 0.15) is 22.3 Å². The maximum Gasteiger partial charge on any atom is 0.137 e. The van der Waals surface area contributed by atoms with E-state index in [9.17, 15) is 4.79 Å². The molecule has 0 N–H and O–H groups in total. The molecule has 0 unspecified atom stereocenters. The highest BCUT2D eigenvalue weighted by Crippen LogP contribution is 2.38. The van der Waals surface area contributed by atoms with Gasteiger partial charge in [-0.25, -0.2) is 0 Å². The topological polar surface area (TPSA) is 35.5 Å². The Labute approximate surface area is 104 Å². The summed E-state index contributed by atoms with van der Waals surface area (Å²) in [5, 5.41) is 0. The molecule has 0 aliphatic carbocycles. The minimum absolute atomic E-state index is 0.554. The third kappa shape index (κ3) is 2.38. The molecule has 1 aromatic rings.